The molecule has 1 aliphatic heterocycles. The maximum atomic E-state index is 13.5. The lowest BCUT2D eigenvalue weighted by molar-refractivity contribution is -0.146. The monoisotopic (exact) mass is 496 g/mol. The number of hydrogen-bond donors (Lipinski definition) is 1. The molecular formula is C26H32N4O4S. The van der Waals surface area contributed by atoms with E-state index in [0.717, 1.165) is 21.7 Å². The second kappa shape index (κ2) is 10.4. The first-order valence-corrected chi connectivity index (χ1v) is 12.6. The molecular weight excluding hydrogens is 464 g/mol. The van der Waals surface area contributed by atoms with E-state index < -0.39 is 6.04 Å². The van der Waals surface area contributed by atoms with Crippen molar-refractivity contribution >= 4 is 23.2 Å². The number of imide groups is 1. The third kappa shape index (κ3) is 6.42. The fourth-order valence-electron chi connectivity index (χ4n) is 4.23. The van der Waals surface area contributed by atoms with E-state index in [9.17, 15) is 9.59 Å². The molecule has 35 heavy (non-hydrogen) atoms. The fraction of sp³-hybridized carbons (Fsp3) is 0.462. The molecule has 3 aromatic rings. The minimum absolute atomic E-state index is 0.0284. The Morgan fingerprint density at radius 3 is 2.57 bits per heavy atom. The number of thiazole rings is 1. The molecule has 4 rings (SSSR count). The van der Waals surface area contributed by atoms with Crippen molar-refractivity contribution in [1.82, 2.24) is 20.4 Å². The molecule has 1 aromatic carbocycles. The number of aromatic nitrogens is 2. The van der Waals surface area contributed by atoms with Crippen molar-refractivity contribution in [3.8, 4) is 10.4 Å². The largest absolute Gasteiger partial charge is 0.371 e. The fourth-order valence-corrected chi connectivity index (χ4v) is 5.04. The third-order valence-electron chi connectivity index (χ3n) is 5.78. The van der Waals surface area contributed by atoms with E-state index in [0.29, 0.717) is 24.4 Å². The SMILES string of the molecule is Cc1cc(CC(=O)N(Cc2ccc(-c3scnc3C)cc2)C(=O)[C@@H]2C[C@@H](OC(C)(C)C)CN2)on1. The van der Waals surface area contributed by atoms with Crippen molar-refractivity contribution < 1.29 is 18.8 Å². The van der Waals surface area contributed by atoms with E-state index in [-0.39, 0.29) is 36.5 Å². The summed E-state index contributed by atoms with van der Waals surface area (Å²) in [6, 6.07) is 9.14. The number of carbonyl (C=O) groups is 2. The van der Waals surface area contributed by atoms with E-state index in [1.54, 1.807) is 24.3 Å². The Hall–Kier alpha value is -2.88. The molecule has 0 bridgehead atoms. The minimum atomic E-state index is -0.484. The van der Waals surface area contributed by atoms with Gasteiger partial charge < -0.3 is 14.6 Å². The van der Waals surface area contributed by atoms with Crippen molar-refractivity contribution in [2.45, 2.75) is 71.8 Å². The molecule has 1 fully saturated rings. The highest BCUT2D eigenvalue weighted by Gasteiger charge is 2.36. The van der Waals surface area contributed by atoms with Crippen LogP contribution in [0.3, 0.4) is 0 Å². The van der Waals surface area contributed by atoms with Gasteiger partial charge in [0, 0.05) is 12.6 Å². The third-order valence-corrected chi connectivity index (χ3v) is 6.76. The van der Waals surface area contributed by atoms with Gasteiger partial charge in [-0.15, -0.1) is 11.3 Å². The van der Waals surface area contributed by atoms with Crippen LogP contribution in [0.25, 0.3) is 10.4 Å². The molecule has 2 aromatic heterocycles. The van der Waals surface area contributed by atoms with Crippen LogP contribution in [0.15, 0.2) is 40.4 Å². The Balaban J connectivity index is 1.51. The molecule has 0 spiro atoms. The summed E-state index contributed by atoms with van der Waals surface area (Å²) in [7, 11) is 0. The van der Waals surface area contributed by atoms with Gasteiger partial charge in [0.25, 0.3) is 0 Å². The van der Waals surface area contributed by atoms with Gasteiger partial charge in [-0.2, -0.15) is 0 Å². The van der Waals surface area contributed by atoms with Crippen molar-refractivity contribution in [2.75, 3.05) is 6.54 Å². The molecule has 1 saturated heterocycles. The molecule has 3 heterocycles. The zero-order valence-corrected chi connectivity index (χ0v) is 21.6. The van der Waals surface area contributed by atoms with Crippen molar-refractivity contribution in [1.29, 1.82) is 0 Å². The smallest absolute Gasteiger partial charge is 0.246 e. The Morgan fingerprint density at radius 2 is 1.97 bits per heavy atom. The lowest BCUT2D eigenvalue weighted by atomic mass is 10.1. The molecule has 1 aliphatic rings. The van der Waals surface area contributed by atoms with Crippen LogP contribution < -0.4 is 5.32 Å². The zero-order chi connectivity index (χ0) is 25.2. The summed E-state index contributed by atoms with van der Waals surface area (Å²) in [5, 5.41) is 7.10. The first-order chi connectivity index (χ1) is 16.6. The average molecular weight is 497 g/mol. The van der Waals surface area contributed by atoms with Gasteiger partial charge in [0.15, 0.2) is 0 Å². The van der Waals surface area contributed by atoms with E-state index in [1.807, 2.05) is 57.5 Å². The second-order valence-corrected chi connectivity index (χ2v) is 10.8. The van der Waals surface area contributed by atoms with Crippen molar-refractivity contribution in [3.05, 3.63) is 58.6 Å². The molecule has 2 atom stereocenters. The summed E-state index contributed by atoms with van der Waals surface area (Å²) in [6.07, 6.45) is 0.407. The number of rotatable bonds is 7. The molecule has 1 N–H and O–H groups in total. The Bertz CT molecular complexity index is 1180. The second-order valence-electron chi connectivity index (χ2n) is 9.94. The van der Waals surface area contributed by atoms with Crippen LogP contribution in [0.5, 0.6) is 0 Å². The predicted octanol–water partition coefficient (Wildman–Crippen LogP) is 4.06. The van der Waals surface area contributed by atoms with Crippen LogP contribution in [-0.2, 0) is 27.3 Å². The van der Waals surface area contributed by atoms with Crippen molar-refractivity contribution in [2.24, 2.45) is 0 Å². The maximum absolute atomic E-state index is 13.5. The highest BCUT2D eigenvalue weighted by Crippen LogP contribution is 2.28. The molecule has 0 unspecified atom stereocenters. The Labute approximate surface area is 209 Å². The van der Waals surface area contributed by atoms with Gasteiger partial charge >= 0.3 is 0 Å². The molecule has 0 radical (unpaired) electrons. The summed E-state index contributed by atoms with van der Waals surface area (Å²) in [5.41, 5.74) is 5.13. The number of nitrogens with zero attached hydrogens (tertiary/aromatic N) is 3. The quantitative estimate of drug-likeness (QED) is 0.527. The summed E-state index contributed by atoms with van der Waals surface area (Å²) < 4.78 is 11.3. The van der Waals surface area contributed by atoms with E-state index in [1.165, 1.54) is 4.90 Å². The van der Waals surface area contributed by atoms with E-state index >= 15 is 0 Å². The molecule has 0 saturated carbocycles. The number of ether oxygens (including phenoxy) is 1. The van der Waals surface area contributed by atoms with Gasteiger partial charge in [-0.25, -0.2) is 4.98 Å². The van der Waals surface area contributed by atoms with Crippen molar-refractivity contribution in [3.63, 3.8) is 0 Å². The number of amides is 2. The van der Waals surface area contributed by atoms with Gasteiger partial charge in [0.05, 0.1) is 52.5 Å². The standard InChI is InChI=1S/C26H32N4O4S/c1-16-10-20(34-29-16)12-23(31)30(25(32)22-11-21(13-27-22)33-26(3,4)5)14-18-6-8-19(9-7-18)24-17(2)28-15-35-24/h6-10,15,21-22,27H,11-14H2,1-5H3/t21-,22+/m1/s1. The molecule has 8 nitrogen and oxygen atoms in total. The van der Waals surface area contributed by atoms with Gasteiger partial charge in [-0.3, -0.25) is 14.5 Å². The zero-order valence-electron chi connectivity index (χ0n) is 20.8. The van der Waals surface area contributed by atoms with E-state index in [2.05, 4.69) is 15.5 Å². The number of aryl methyl sites for hydroxylation is 2. The first-order valence-electron chi connectivity index (χ1n) is 11.8. The molecule has 0 aliphatic carbocycles. The summed E-state index contributed by atoms with van der Waals surface area (Å²) in [5.74, 6) is -0.140. The van der Waals surface area contributed by atoms with Crippen LogP contribution in [0.2, 0.25) is 0 Å². The van der Waals surface area contributed by atoms with Crippen LogP contribution in [0.1, 0.15) is 49.9 Å². The maximum Gasteiger partial charge on any atom is 0.246 e. The number of nitrogens with one attached hydrogen (secondary N) is 1. The Kier molecular flexibility index (Phi) is 7.49. The molecule has 2 amide bonds. The predicted molar refractivity (Wildman–Crippen MR) is 134 cm³/mol. The van der Waals surface area contributed by atoms with Crippen LogP contribution in [0.4, 0.5) is 0 Å². The lowest BCUT2D eigenvalue weighted by Crippen LogP contribution is -2.46. The highest BCUT2D eigenvalue weighted by molar-refractivity contribution is 7.13. The van der Waals surface area contributed by atoms with E-state index in [4.69, 9.17) is 9.26 Å². The number of benzene rings is 1. The van der Waals surface area contributed by atoms with Gasteiger partial charge in [0.1, 0.15) is 5.76 Å². The number of carbonyl (C=O) groups excluding carboxylic acids is 2. The normalized spacial score (nSPS) is 18.1. The Morgan fingerprint density at radius 1 is 1.23 bits per heavy atom. The summed E-state index contributed by atoms with van der Waals surface area (Å²) in [4.78, 5) is 33.6. The molecule has 186 valence electrons. The van der Waals surface area contributed by atoms with Gasteiger partial charge in [-0.05, 0) is 52.2 Å². The van der Waals surface area contributed by atoms with Crippen LogP contribution in [0, 0.1) is 13.8 Å². The average Bonchev–Trinajstić information content (AvgIpc) is 3.53. The molecule has 9 heteroatoms. The summed E-state index contributed by atoms with van der Waals surface area (Å²) in [6.45, 7) is 10.5. The van der Waals surface area contributed by atoms with Gasteiger partial charge in [0.2, 0.25) is 11.8 Å². The lowest BCUT2D eigenvalue weighted by Gasteiger charge is -2.25. The van der Waals surface area contributed by atoms with Gasteiger partial charge in [-0.1, -0.05) is 29.4 Å². The summed E-state index contributed by atoms with van der Waals surface area (Å²) >= 11 is 1.59. The highest BCUT2D eigenvalue weighted by atomic mass is 32.1. The first kappa shape index (κ1) is 25.2. The van der Waals surface area contributed by atoms with Crippen LogP contribution >= 0.6 is 11.3 Å². The number of hydrogen-bond acceptors (Lipinski definition) is 8. The van der Waals surface area contributed by atoms with Crippen LogP contribution in [-0.4, -0.2) is 51.1 Å². The topological polar surface area (TPSA) is 97.6 Å². The minimum Gasteiger partial charge on any atom is -0.371 e.